The van der Waals surface area contributed by atoms with Crippen LogP contribution in [0.25, 0.3) is 0 Å². The first kappa shape index (κ1) is 15.6. The largest absolute Gasteiger partial charge is 0.381 e. The Morgan fingerprint density at radius 3 is 2.65 bits per heavy atom. The number of nitrogens with zero attached hydrogens (tertiary/aromatic N) is 1. The Labute approximate surface area is 122 Å². The van der Waals surface area contributed by atoms with Crippen molar-refractivity contribution in [2.45, 2.75) is 32.1 Å². The molecular formula is C15H29N3O2. The molecule has 1 saturated carbocycles. The van der Waals surface area contributed by atoms with Gasteiger partial charge in [0.15, 0.2) is 5.96 Å². The van der Waals surface area contributed by atoms with Crippen molar-refractivity contribution < 1.29 is 9.47 Å². The number of hydrogen-bond donors (Lipinski definition) is 2. The molecule has 0 bridgehead atoms. The number of aliphatic imine (C=N–C) groups is 1. The van der Waals surface area contributed by atoms with E-state index < -0.39 is 0 Å². The lowest BCUT2D eigenvalue weighted by Gasteiger charge is -2.21. The molecule has 0 unspecified atom stereocenters. The monoisotopic (exact) mass is 283 g/mol. The summed E-state index contributed by atoms with van der Waals surface area (Å²) in [6.07, 6.45) is 6.05. The molecule has 0 amide bonds. The van der Waals surface area contributed by atoms with Crippen molar-refractivity contribution in [3.8, 4) is 0 Å². The van der Waals surface area contributed by atoms with Crippen LogP contribution in [-0.2, 0) is 9.47 Å². The van der Waals surface area contributed by atoms with E-state index in [4.69, 9.17) is 9.47 Å². The molecular weight excluding hydrogens is 254 g/mol. The van der Waals surface area contributed by atoms with Gasteiger partial charge in [-0.3, -0.25) is 4.99 Å². The summed E-state index contributed by atoms with van der Waals surface area (Å²) in [4.78, 5) is 4.22. The van der Waals surface area contributed by atoms with Gasteiger partial charge in [-0.2, -0.15) is 0 Å². The second-order valence-electron chi connectivity index (χ2n) is 5.81. The summed E-state index contributed by atoms with van der Waals surface area (Å²) in [5.41, 5.74) is 0. The number of guanidine groups is 1. The first-order valence-electron chi connectivity index (χ1n) is 7.98. The number of rotatable bonds is 8. The Hall–Kier alpha value is -0.810. The Bertz CT molecular complexity index is 287. The summed E-state index contributed by atoms with van der Waals surface area (Å²) in [6.45, 7) is 5.48. The molecule has 0 spiro atoms. The van der Waals surface area contributed by atoms with E-state index in [0.29, 0.717) is 5.92 Å². The molecule has 5 heteroatoms. The molecule has 20 heavy (non-hydrogen) atoms. The van der Waals surface area contributed by atoms with Gasteiger partial charge < -0.3 is 20.1 Å². The van der Waals surface area contributed by atoms with Crippen LogP contribution in [0.2, 0.25) is 0 Å². The van der Waals surface area contributed by atoms with Gasteiger partial charge in [-0.1, -0.05) is 0 Å². The van der Waals surface area contributed by atoms with Gasteiger partial charge in [-0.15, -0.1) is 0 Å². The Balaban J connectivity index is 1.41. The fourth-order valence-corrected chi connectivity index (χ4v) is 2.33. The molecule has 0 radical (unpaired) electrons. The van der Waals surface area contributed by atoms with Crippen molar-refractivity contribution in [2.24, 2.45) is 16.8 Å². The van der Waals surface area contributed by atoms with Gasteiger partial charge in [0.2, 0.25) is 0 Å². The van der Waals surface area contributed by atoms with Gasteiger partial charge in [0.25, 0.3) is 0 Å². The van der Waals surface area contributed by atoms with Crippen molar-refractivity contribution in [3.63, 3.8) is 0 Å². The molecule has 2 fully saturated rings. The lowest BCUT2D eigenvalue weighted by molar-refractivity contribution is 0.0203. The van der Waals surface area contributed by atoms with Crippen LogP contribution in [0.5, 0.6) is 0 Å². The van der Waals surface area contributed by atoms with Crippen molar-refractivity contribution in [2.75, 3.05) is 46.6 Å². The molecule has 0 aromatic rings. The van der Waals surface area contributed by atoms with Crippen LogP contribution in [0.4, 0.5) is 0 Å². The summed E-state index contributed by atoms with van der Waals surface area (Å²) in [5.74, 6) is 2.49. The minimum absolute atomic E-state index is 0.699. The van der Waals surface area contributed by atoms with E-state index in [-0.39, 0.29) is 0 Å². The highest BCUT2D eigenvalue weighted by Crippen LogP contribution is 2.27. The summed E-state index contributed by atoms with van der Waals surface area (Å²) in [6, 6.07) is 0. The maximum Gasteiger partial charge on any atom is 0.190 e. The molecule has 2 N–H and O–H groups in total. The SMILES string of the molecule is CN=C(NCCCOCC1CCOCC1)NCC1CC1. The average molecular weight is 283 g/mol. The molecule has 1 heterocycles. The lowest BCUT2D eigenvalue weighted by atomic mass is 10.0. The van der Waals surface area contributed by atoms with E-state index in [1.165, 1.54) is 12.8 Å². The first-order valence-corrected chi connectivity index (χ1v) is 7.98. The molecule has 116 valence electrons. The summed E-state index contributed by atoms with van der Waals surface area (Å²) in [5, 5.41) is 6.69. The molecule has 1 aliphatic heterocycles. The van der Waals surface area contributed by atoms with Crippen LogP contribution in [-0.4, -0.2) is 52.5 Å². The van der Waals surface area contributed by atoms with E-state index in [1.54, 1.807) is 0 Å². The second kappa shape index (κ2) is 9.19. The normalized spacial score (nSPS) is 20.9. The zero-order chi connectivity index (χ0) is 14.0. The van der Waals surface area contributed by atoms with Crippen LogP contribution in [0.3, 0.4) is 0 Å². The highest BCUT2D eigenvalue weighted by molar-refractivity contribution is 5.79. The molecule has 2 rings (SSSR count). The average Bonchev–Trinajstić information content (AvgIpc) is 3.31. The van der Waals surface area contributed by atoms with Crippen molar-refractivity contribution in [1.82, 2.24) is 10.6 Å². The topological polar surface area (TPSA) is 54.9 Å². The molecule has 5 nitrogen and oxygen atoms in total. The summed E-state index contributed by atoms with van der Waals surface area (Å²) >= 11 is 0. The van der Waals surface area contributed by atoms with Gasteiger partial charge in [0, 0.05) is 46.6 Å². The Morgan fingerprint density at radius 1 is 1.15 bits per heavy atom. The molecule has 1 saturated heterocycles. The smallest absolute Gasteiger partial charge is 0.190 e. The maximum absolute atomic E-state index is 5.74. The van der Waals surface area contributed by atoms with Gasteiger partial charge in [-0.05, 0) is 43.9 Å². The second-order valence-corrected chi connectivity index (χ2v) is 5.81. The Kier molecular flexibility index (Phi) is 7.15. The van der Waals surface area contributed by atoms with Gasteiger partial charge in [-0.25, -0.2) is 0 Å². The lowest BCUT2D eigenvalue weighted by Crippen LogP contribution is -2.39. The zero-order valence-electron chi connectivity index (χ0n) is 12.7. The van der Waals surface area contributed by atoms with E-state index >= 15 is 0 Å². The van der Waals surface area contributed by atoms with Crippen molar-refractivity contribution >= 4 is 5.96 Å². The van der Waals surface area contributed by atoms with E-state index in [1.807, 2.05) is 7.05 Å². The van der Waals surface area contributed by atoms with Crippen LogP contribution in [0.1, 0.15) is 32.1 Å². The highest BCUT2D eigenvalue weighted by Gasteiger charge is 2.20. The van der Waals surface area contributed by atoms with E-state index in [9.17, 15) is 0 Å². The zero-order valence-corrected chi connectivity index (χ0v) is 12.7. The highest BCUT2D eigenvalue weighted by atomic mass is 16.5. The van der Waals surface area contributed by atoms with E-state index in [0.717, 1.165) is 70.7 Å². The fourth-order valence-electron chi connectivity index (χ4n) is 2.33. The van der Waals surface area contributed by atoms with Crippen LogP contribution in [0.15, 0.2) is 4.99 Å². The fraction of sp³-hybridized carbons (Fsp3) is 0.933. The summed E-state index contributed by atoms with van der Waals surface area (Å²) in [7, 11) is 1.82. The molecule has 1 aliphatic carbocycles. The van der Waals surface area contributed by atoms with Gasteiger partial charge in [0.1, 0.15) is 0 Å². The van der Waals surface area contributed by atoms with Crippen LogP contribution < -0.4 is 10.6 Å². The number of hydrogen-bond acceptors (Lipinski definition) is 3. The standard InChI is InChI=1S/C15H29N3O2/c1-16-15(18-11-13-3-4-13)17-7-2-8-20-12-14-5-9-19-10-6-14/h13-14H,2-12H2,1H3,(H2,16,17,18). The van der Waals surface area contributed by atoms with Crippen molar-refractivity contribution in [3.05, 3.63) is 0 Å². The minimum Gasteiger partial charge on any atom is -0.381 e. The third-order valence-corrected chi connectivity index (χ3v) is 3.93. The Morgan fingerprint density at radius 2 is 1.95 bits per heavy atom. The first-order chi connectivity index (χ1) is 9.88. The minimum atomic E-state index is 0.699. The maximum atomic E-state index is 5.74. The van der Waals surface area contributed by atoms with Gasteiger partial charge in [0.05, 0.1) is 0 Å². The molecule has 0 aromatic heterocycles. The third kappa shape index (κ3) is 6.57. The number of nitrogens with one attached hydrogen (secondary N) is 2. The molecule has 0 atom stereocenters. The predicted molar refractivity (Wildman–Crippen MR) is 81.1 cm³/mol. The van der Waals surface area contributed by atoms with E-state index in [2.05, 4.69) is 15.6 Å². The van der Waals surface area contributed by atoms with Crippen molar-refractivity contribution in [1.29, 1.82) is 0 Å². The van der Waals surface area contributed by atoms with Crippen LogP contribution in [0, 0.1) is 11.8 Å². The number of ether oxygens (including phenoxy) is 2. The van der Waals surface area contributed by atoms with Gasteiger partial charge >= 0.3 is 0 Å². The predicted octanol–water partition coefficient (Wildman–Crippen LogP) is 1.39. The van der Waals surface area contributed by atoms with Crippen LogP contribution >= 0.6 is 0 Å². The third-order valence-electron chi connectivity index (χ3n) is 3.93. The quantitative estimate of drug-likeness (QED) is 0.402. The molecule has 0 aromatic carbocycles. The molecule has 2 aliphatic rings. The summed E-state index contributed by atoms with van der Waals surface area (Å²) < 4.78 is 11.1.